The second-order valence-corrected chi connectivity index (χ2v) is 7.14. The van der Waals surface area contributed by atoms with Crippen molar-refractivity contribution in [2.75, 3.05) is 47.4 Å². The van der Waals surface area contributed by atoms with Gasteiger partial charge < -0.3 is 20.1 Å². The van der Waals surface area contributed by atoms with E-state index in [0.29, 0.717) is 12.5 Å². The Labute approximate surface area is 191 Å². The van der Waals surface area contributed by atoms with E-state index in [9.17, 15) is 4.79 Å². The number of benzene rings is 1. The Balaban J connectivity index is 0.00000420. The average Bonchev–Trinajstić information content (AvgIpc) is 2.76. The van der Waals surface area contributed by atoms with Crippen molar-refractivity contribution in [3.05, 3.63) is 29.8 Å². The lowest BCUT2D eigenvalue weighted by Crippen LogP contribution is -2.45. The van der Waals surface area contributed by atoms with Crippen LogP contribution < -0.4 is 15.4 Å². The molecule has 1 fully saturated rings. The Morgan fingerprint density at radius 1 is 1.10 bits per heavy atom. The number of aliphatic imine (C=N–C) groups is 1. The number of hydrogen-bond acceptors (Lipinski definition) is 5. The van der Waals surface area contributed by atoms with Crippen LogP contribution in [0.15, 0.2) is 29.3 Å². The number of likely N-dealkylation sites (tertiary alicyclic amines) is 1. The minimum absolute atomic E-state index is 0. The number of rotatable bonds is 8. The van der Waals surface area contributed by atoms with E-state index in [1.165, 1.54) is 31.9 Å². The summed E-state index contributed by atoms with van der Waals surface area (Å²) in [6.07, 6.45) is 3.76. The van der Waals surface area contributed by atoms with E-state index in [2.05, 4.69) is 32.7 Å². The van der Waals surface area contributed by atoms with Crippen LogP contribution >= 0.6 is 24.0 Å². The topological polar surface area (TPSA) is 75.2 Å². The quantitative estimate of drug-likeness (QED) is 0.239. The number of methoxy groups -OCH3 is 2. The third-order valence-electron chi connectivity index (χ3n) is 5.20. The van der Waals surface area contributed by atoms with Crippen LogP contribution in [0, 0.1) is 5.92 Å². The number of esters is 1. The van der Waals surface area contributed by atoms with Crippen LogP contribution in [-0.2, 0) is 9.53 Å². The maximum Gasteiger partial charge on any atom is 0.310 e. The van der Waals surface area contributed by atoms with E-state index < -0.39 is 0 Å². The zero-order valence-electron chi connectivity index (χ0n) is 17.9. The van der Waals surface area contributed by atoms with Gasteiger partial charge in [-0.25, -0.2) is 0 Å². The molecule has 0 spiro atoms. The Morgan fingerprint density at radius 2 is 1.72 bits per heavy atom. The molecule has 1 aromatic rings. The largest absolute Gasteiger partial charge is 0.497 e. The first-order chi connectivity index (χ1) is 13.6. The number of ether oxygens (including phenoxy) is 2. The monoisotopic (exact) mass is 518 g/mol. The first-order valence-electron chi connectivity index (χ1n) is 9.99. The zero-order valence-corrected chi connectivity index (χ0v) is 20.3. The number of carbonyl (C=O) groups is 1. The Morgan fingerprint density at radius 3 is 2.28 bits per heavy atom. The SMILES string of the molecule is CN=C(NCC(C)C(=O)OC)NCC(c1ccc(OC)cc1)N1CCCCC1.I. The van der Waals surface area contributed by atoms with Crippen LogP contribution in [0.5, 0.6) is 5.75 Å². The number of nitrogens with one attached hydrogen (secondary N) is 2. The van der Waals surface area contributed by atoms with E-state index in [4.69, 9.17) is 9.47 Å². The molecule has 8 heteroatoms. The highest BCUT2D eigenvalue weighted by molar-refractivity contribution is 14.0. The molecular weight excluding hydrogens is 483 g/mol. The standard InChI is InChI=1S/C21H34N4O3.HI/c1-16(20(26)28-4)14-23-21(22-2)24-15-19(25-12-6-5-7-13-25)17-8-10-18(27-3)11-9-17;/h8-11,16,19H,5-7,12-15H2,1-4H3,(H2,22,23,24);1H. The zero-order chi connectivity index (χ0) is 20.4. The first kappa shape index (κ1) is 25.5. The lowest BCUT2D eigenvalue weighted by atomic mass is 10.0. The molecule has 2 rings (SSSR count). The van der Waals surface area contributed by atoms with Crippen molar-refractivity contribution in [1.82, 2.24) is 15.5 Å². The second-order valence-electron chi connectivity index (χ2n) is 7.14. The lowest BCUT2D eigenvalue weighted by Gasteiger charge is -2.35. The molecule has 0 saturated carbocycles. The summed E-state index contributed by atoms with van der Waals surface area (Å²) in [4.78, 5) is 18.4. The van der Waals surface area contributed by atoms with Crippen LogP contribution in [0.2, 0.25) is 0 Å². The highest BCUT2D eigenvalue weighted by atomic mass is 127. The fourth-order valence-electron chi connectivity index (χ4n) is 3.46. The van der Waals surface area contributed by atoms with E-state index >= 15 is 0 Å². The van der Waals surface area contributed by atoms with Crippen molar-refractivity contribution in [3.8, 4) is 5.75 Å². The summed E-state index contributed by atoms with van der Waals surface area (Å²) >= 11 is 0. The molecule has 2 atom stereocenters. The van der Waals surface area contributed by atoms with Gasteiger partial charge in [-0.15, -0.1) is 24.0 Å². The summed E-state index contributed by atoms with van der Waals surface area (Å²) in [6.45, 7) is 5.25. The fourth-order valence-corrected chi connectivity index (χ4v) is 3.46. The van der Waals surface area contributed by atoms with Gasteiger partial charge in [0.25, 0.3) is 0 Å². The van der Waals surface area contributed by atoms with Crippen LogP contribution in [0.3, 0.4) is 0 Å². The molecule has 1 saturated heterocycles. The van der Waals surface area contributed by atoms with Crippen molar-refractivity contribution in [3.63, 3.8) is 0 Å². The van der Waals surface area contributed by atoms with Crippen LogP contribution in [0.4, 0.5) is 0 Å². The lowest BCUT2D eigenvalue weighted by molar-refractivity contribution is -0.144. The van der Waals surface area contributed by atoms with Gasteiger partial charge in [0.05, 0.1) is 26.2 Å². The molecule has 2 unspecified atom stereocenters. The van der Waals surface area contributed by atoms with Crippen molar-refractivity contribution in [1.29, 1.82) is 0 Å². The molecule has 7 nitrogen and oxygen atoms in total. The van der Waals surface area contributed by atoms with Gasteiger partial charge in [0.15, 0.2) is 5.96 Å². The maximum atomic E-state index is 11.6. The molecule has 0 aromatic heterocycles. The fraction of sp³-hybridized carbons (Fsp3) is 0.619. The van der Waals surface area contributed by atoms with Gasteiger partial charge in [0.2, 0.25) is 0 Å². The van der Waals surface area contributed by atoms with Gasteiger partial charge in [-0.3, -0.25) is 14.7 Å². The molecule has 1 aromatic carbocycles. The number of piperidine rings is 1. The maximum absolute atomic E-state index is 11.6. The van der Waals surface area contributed by atoms with Gasteiger partial charge >= 0.3 is 5.97 Å². The van der Waals surface area contributed by atoms with Gasteiger partial charge in [-0.1, -0.05) is 25.5 Å². The number of hydrogen-bond donors (Lipinski definition) is 2. The molecule has 0 radical (unpaired) electrons. The average molecular weight is 518 g/mol. The molecule has 0 bridgehead atoms. The van der Waals surface area contributed by atoms with E-state index in [1.54, 1.807) is 14.2 Å². The normalized spacial score (nSPS) is 16.9. The summed E-state index contributed by atoms with van der Waals surface area (Å²) in [5.74, 6) is 1.09. The molecule has 2 N–H and O–H groups in total. The van der Waals surface area contributed by atoms with E-state index in [-0.39, 0.29) is 41.9 Å². The van der Waals surface area contributed by atoms with Crippen LogP contribution in [-0.4, -0.2) is 64.3 Å². The Kier molecular flexibility index (Phi) is 12.0. The van der Waals surface area contributed by atoms with Crippen molar-refractivity contribution in [2.24, 2.45) is 10.9 Å². The molecule has 1 aliphatic rings. The van der Waals surface area contributed by atoms with Gasteiger partial charge in [0, 0.05) is 20.1 Å². The predicted octanol–water partition coefficient (Wildman–Crippen LogP) is 2.81. The minimum Gasteiger partial charge on any atom is -0.497 e. The summed E-state index contributed by atoms with van der Waals surface area (Å²) in [5, 5.41) is 6.63. The molecule has 0 amide bonds. The van der Waals surface area contributed by atoms with E-state index in [1.807, 2.05) is 19.1 Å². The first-order valence-corrected chi connectivity index (χ1v) is 9.99. The highest BCUT2D eigenvalue weighted by Gasteiger charge is 2.23. The molecule has 1 aliphatic heterocycles. The highest BCUT2D eigenvalue weighted by Crippen LogP contribution is 2.25. The second kappa shape index (κ2) is 13.6. The summed E-state index contributed by atoms with van der Waals surface area (Å²) in [6, 6.07) is 8.54. The molecule has 164 valence electrons. The molecule has 0 aliphatic carbocycles. The minimum atomic E-state index is -0.233. The smallest absolute Gasteiger partial charge is 0.310 e. The number of guanidine groups is 1. The van der Waals surface area contributed by atoms with E-state index in [0.717, 1.165) is 25.4 Å². The third kappa shape index (κ3) is 8.00. The number of nitrogens with zero attached hydrogens (tertiary/aromatic N) is 2. The molecule has 29 heavy (non-hydrogen) atoms. The van der Waals surface area contributed by atoms with Crippen molar-refractivity contribution in [2.45, 2.75) is 32.2 Å². The van der Waals surface area contributed by atoms with Crippen molar-refractivity contribution >= 4 is 35.9 Å². The Bertz CT molecular complexity index is 633. The van der Waals surface area contributed by atoms with Gasteiger partial charge in [-0.05, 0) is 43.6 Å². The number of carbonyl (C=O) groups excluding carboxylic acids is 1. The Hall–Kier alpha value is -1.55. The van der Waals surface area contributed by atoms with Crippen molar-refractivity contribution < 1.29 is 14.3 Å². The molecule has 1 heterocycles. The van der Waals surface area contributed by atoms with Crippen LogP contribution in [0.1, 0.15) is 37.8 Å². The van der Waals surface area contributed by atoms with Gasteiger partial charge in [-0.2, -0.15) is 0 Å². The third-order valence-corrected chi connectivity index (χ3v) is 5.20. The predicted molar refractivity (Wildman–Crippen MR) is 127 cm³/mol. The number of halogens is 1. The summed E-state index contributed by atoms with van der Waals surface area (Å²) in [5.41, 5.74) is 1.26. The van der Waals surface area contributed by atoms with Crippen LogP contribution in [0.25, 0.3) is 0 Å². The summed E-state index contributed by atoms with van der Waals surface area (Å²) in [7, 11) is 4.83. The molecular formula is C21H35IN4O3. The van der Waals surface area contributed by atoms with Gasteiger partial charge in [0.1, 0.15) is 5.75 Å². The summed E-state index contributed by atoms with van der Waals surface area (Å²) < 4.78 is 10.1.